The van der Waals surface area contributed by atoms with Crippen molar-refractivity contribution in [2.75, 3.05) is 0 Å². The second-order valence-corrected chi connectivity index (χ2v) is 8.84. The van der Waals surface area contributed by atoms with Crippen LogP contribution in [0.1, 0.15) is 18.1 Å². The van der Waals surface area contributed by atoms with E-state index in [1.54, 1.807) is 12.1 Å². The number of aryl methyl sites for hydroxylation is 2. The maximum absolute atomic E-state index is 11.6. The van der Waals surface area contributed by atoms with Gasteiger partial charge in [-0.15, -0.1) is 0 Å². The summed E-state index contributed by atoms with van der Waals surface area (Å²) in [6, 6.07) is 25.1. The van der Waals surface area contributed by atoms with Gasteiger partial charge in [0.2, 0.25) is 10.0 Å². The Morgan fingerprint density at radius 3 is 2.03 bits per heavy atom. The molecule has 0 atom stereocenters. The van der Waals surface area contributed by atoms with E-state index in [-0.39, 0.29) is 4.90 Å². The first-order valence-electron chi connectivity index (χ1n) is 9.75. The molecule has 0 aliphatic rings. The summed E-state index contributed by atoms with van der Waals surface area (Å²) in [4.78, 5) is 0.0747. The Labute approximate surface area is 176 Å². The third kappa shape index (κ3) is 4.06. The molecular formula is C24H23N3O2S. The van der Waals surface area contributed by atoms with Crippen LogP contribution in [0.4, 0.5) is 0 Å². The Kier molecular flexibility index (Phi) is 5.28. The van der Waals surface area contributed by atoms with E-state index in [0.717, 1.165) is 34.6 Å². The molecule has 4 aromatic rings. The number of benzene rings is 3. The van der Waals surface area contributed by atoms with Gasteiger partial charge in [0.15, 0.2) is 0 Å². The zero-order valence-electron chi connectivity index (χ0n) is 16.9. The summed E-state index contributed by atoms with van der Waals surface area (Å²) >= 11 is 0. The van der Waals surface area contributed by atoms with Crippen molar-refractivity contribution in [1.82, 2.24) is 9.78 Å². The van der Waals surface area contributed by atoms with Gasteiger partial charge in [-0.3, -0.25) is 0 Å². The van der Waals surface area contributed by atoms with E-state index in [2.05, 4.69) is 61.5 Å². The largest absolute Gasteiger partial charge is 0.238 e. The second kappa shape index (κ2) is 7.89. The highest BCUT2D eigenvalue weighted by atomic mass is 32.2. The fraction of sp³-hybridized carbons (Fsp3) is 0.125. The quantitative estimate of drug-likeness (QED) is 0.510. The number of nitrogens with two attached hydrogens (primary N) is 1. The molecule has 1 aromatic heterocycles. The molecular weight excluding hydrogens is 394 g/mol. The molecule has 0 bridgehead atoms. The van der Waals surface area contributed by atoms with Crippen LogP contribution in [0.15, 0.2) is 83.8 Å². The summed E-state index contributed by atoms with van der Waals surface area (Å²) in [7, 11) is -3.74. The van der Waals surface area contributed by atoms with Crippen LogP contribution in [0.5, 0.6) is 0 Å². The zero-order valence-corrected chi connectivity index (χ0v) is 17.7. The van der Waals surface area contributed by atoms with Gasteiger partial charge in [0.25, 0.3) is 0 Å². The standard InChI is InChI=1S/C24H23N3O2S/c1-3-18-6-10-19(11-7-18)23-16-24(20-8-4-17(2)5-9-20)27(26-23)21-12-14-22(15-13-21)30(25,28)29/h4-16H,3H2,1-2H3,(H2,25,28,29). The minimum absolute atomic E-state index is 0.0747. The van der Waals surface area contributed by atoms with Crippen molar-refractivity contribution < 1.29 is 8.42 Å². The minimum Gasteiger partial charge on any atom is -0.232 e. The fourth-order valence-electron chi connectivity index (χ4n) is 3.34. The molecule has 152 valence electrons. The predicted octanol–water partition coefficient (Wildman–Crippen LogP) is 4.72. The lowest BCUT2D eigenvalue weighted by molar-refractivity contribution is 0.598. The van der Waals surface area contributed by atoms with Gasteiger partial charge in [0.05, 0.1) is 22.0 Å². The van der Waals surface area contributed by atoms with Crippen molar-refractivity contribution in [1.29, 1.82) is 0 Å². The van der Waals surface area contributed by atoms with E-state index in [1.807, 2.05) is 11.6 Å². The van der Waals surface area contributed by atoms with Crippen molar-refractivity contribution in [2.45, 2.75) is 25.2 Å². The number of hydrogen-bond acceptors (Lipinski definition) is 3. The van der Waals surface area contributed by atoms with Gasteiger partial charge in [0, 0.05) is 11.1 Å². The molecule has 4 rings (SSSR count). The number of sulfonamides is 1. The van der Waals surface area contributed by atoms with E-state index in [9.17, 15) is 8.42 Å². The van der Waals surface area contributed by atoms with E-state index >= 15 is 0 Å². The van der Waals surface area contributed by atoms with Crippen LogP contribution in [-0.2, 0) is 16.4 Å². The molecule has 0 saturated heterocycles. The van der Waals surface area contributed by atoms with Crippen molar-refractivity contribution in [3.8, 4) is 28.2 Å². The van der Waals surface area contributed by atoms with Crippen molar-refractivity contribution in [3.05, 3.63) is 90.0 Å². The lowest BCUT2D eigenvalue weighted by atomic mass is 10.1. The van der Waals surface area contributed by atoms with Gasteiger partial charge >= 0.3 is 0 Å². The van der Waals surface area contributed by atoms with Crippen molar-refractivity contribution >= 4 is 10.0 Å². The van der Waals surface area contributed by atoms with Crippen LogP contribution < -0.4 is 5.14 Å². The van der Waals surface area contributed by atoms with Crippen LogP contribution in [0.2, 0.25) is 0 Å². The molecule has 0 aliphatic heterocycles. The highest BCUT2D eigenvalue weighted by Gasteiger charge is 2.14. The summed E-state index contributed by atoms with van der Waals surface area (Å²) in [6.07, 6.45) is 0.986. The molecule has 3 aromatic carbocycles. The Bertz CT molecular complexity index is 1270. The molecule has 6 heteroatoms. The lowest BCUT2D eigenvalue weighted by Gasteiger charge is -2.09. The number of aromatic nitrogens is 2. The molecule has 0 unspecified atom stereocenters. The molecule has 1 heterocycles. The van der Waals surface area contributed by atoms with Crippen LogP contribution in [0.25, 0.3) is 28.2 Å². The maximum Gasteiger partial charge on any atom is 0.238 e. The smallest absolute Gasteiger partial charge is 0.232 e. The summed E-state index contributed by atoms with van der Waals surface area (Å²) < 4.78 is 25.0. The Morgan fingerprint density at radius 1 is 0.867 bits per heavy atom. The summed E-state index contributed by atoms with van der Waals surface area (Å²) in [5.41, 5.74) is 7.04. The predicted molar refractivity (Wildman–Crippen MR) is 120 cm³/mol. The van der Waals surface area contributed by atoms with Crippen LogP contribution in [0, 0.1) is 6.92 Å². The van der Waals surface area contributed by atoms with Gasteiger partial charge < -0.3 is 0 Å². The van der Waals surface area contributed by atoms with Crippen molar-refractivity contribution in [3.63, 3.8) is 0 Å². The SMILES string of the molecule is CCc1ccc(-c2cc(-c3ccc(C)cc3)n(-c3ccc(S(N)(=O)=O)cc3)n2)cc1. The van der Waals surface area contributed by atoms with Crippen LogP contribution in [0.3, 0.4) is 0 Å². The topological polar surface area (TPSA) is 78.0 Å². The number of primary sulfonamides is 1. The molecule has 2 N–H and O–H groups in total. The molecule has 0 fully saturated rings. The summed E-state index contributed by atoms with van der Waals surface area (Å²) in [5, 5.41) is 10.1. The average Bonchev–Trinajstić information content (AvgIpc) is 3.19. The van der Waals surface area contributed by atoms with Crippen LogP contribution in [-0.4, -0.2) is 18.2 Å². The normalized spacial score (nSPS) is 11.6. The third-order valence-corrected chi connectivity index (χ3v) is 6.05. The highest BCUT2D eigenvalue weighted by Crippen LogP contribution is 2.29. The Balaban J connectivity index is 1.84. The zero-order chi connectivity index (χ0) is 21.3. The van der Waals surface area contributed by atoms with E-state index in [4.69, 9.17) is 10.2 Å². The molecule has 0 aliphatic carbocycles. The summed E-state index contributed by atoms with van der Waals surface area (Å²) in [5.74, 6) is 0. The Hall–Kier alpha value is -3.22. The van der Waals surface area contributed by atoms with Gasteiger partial charge in [-0.1, -0.05) is 61.0 Å². The first kappa shape index (κ1) is 20.1. The molecule has 30 heavy (non-hydrogen) atoms. The molecule has 5 nitrogen and oxygen atoms in total. The van der Waals surface area contributed by atoms with E-state index < -0.39 is 10.0 Å². The fourth-order valence-corrected chi connectivity index (χ4v) is 3.85. The average molecular weight is 418 g/mol. The maximum atomic E-state index is 11.6. The van der Waals surface area contributed by atoms with E-state index in [0.29, 0.717) is 0 Å². The van der Waals surface area contributed by atoms with Crippen LogP contribution >= 0.6 is 0 Å². The molecule has 0 spiro atoms. The monoisotopic (exact) mass is 417 g/mol. The van der Waals surface area contributed by atoms with Gasteiger partial charge in [0.1, 0.15) is 0 Å². The van der Waals surface area contributed by atoms with Gasteiger partial charge in [-0.25, -0.2) is 18.2 Å². The first-order chi connectivity index (χ1) is 14.3. The number of hydrogen-bond donors (Lipinski definition) is 1. The third-order valence-electron chi connectivity index (χ3n) is 5.12. The lowest BCUT2D eigenvalue weighted by Crippen LogP contribution is -2.12. The van der Waals surface area contributed by atoms with Crippen molar-refractivity contribution in [2.24, 2.45) is 5.14 Å². The van der Waals surface area contributed by atoms with Gasteiger partial charge in [-0.05, 0) is 49.2 Å². The molecule has 0 amide bonds. The van der Waals surface area contributed by atoms with Gasteiger partial charge in [-0.2, -0.15) is 5.10 Å². The molecule has 0 saturated carbocycles. The van der Waals surface area contributed by atoms with E-state index in [1.165, 1.54) is 23.3 Å². The minimum atomic E-state index is -3.74. The number of rotatable bonds is 5. The Morgan fingerprint density at radius 2 is 1.47 bits per heavy atom. The summed E-state index contributed by atoms with van der Waals surface area (Å²) in [6.45, 7) is 4.18. The first-order valence-corrected chi connectivity index (χ1v) is 11.3. The highest BCUT2D eigenvalue weighted by molar-refractivity contribution is 7.89. The molecule has 0 radical (unpaired) electrons. The number of nitrogens with zero attached hydrogens (tertiary/aromatic N) is 2. The second-order valence-electron chi connectivity index (χ2n) is 7.28.